The molecule has 2 atom stereocenters. The average Bonchev–Trinajstić information content (AvgIpc) is 2.77. The van der Waals surface area contributed by atoms with E-state index in [1.807, 2.05) is 6.07 Å². The predicted octanol–water partition coefficient (Wildman–Crippen LogP) is 7.14. The molecule has 9 heteroatoms. The van der Waals surface area contributed by atoms with Crippen LogP contribution in [0.1, 0.15) is 53.4 Å². The zero-order valence-corrected chi connectivity index (χ0v) is 22.8. The first-order valence-corrected chi connectivity index (χ1v) is 14.1. The van der Waals surface area contributed by atoms with E-state index in [0.29, 0.717) is 35.5 Å². The Hall–Kier alpha value is -2.09. The summed E-state index contributed by atoms with van der Waals surface area (Å²) in [5, 5.41) is 13.1. The summed E-state index contributed by atoms with van der Waals surface area (Å²) >= 11 is 18.5. The summed E-state index contributed by atoms with van der Waals surface area (Å²) in [6, 6.07) is 16.3. The highest BCUT2D eigenvalue weighted by molar-refractivity contribution is 7.91. The number of sulfone groups is 1. The van der Waals surface area contributed by atoms with Crippen molar-refractivity contribution in [2.75, 3.05) is 5.32 Å². The Morgan fingerprint density at radius 2 is 1.69 bits per heavy atom. The third-order valence-electron chi connectivity index (χ3n) is 6.28. The minimum absolute atomic E-state index is 0.0427. The van der Waals surface area contributed by atoms with E-state index < -0.39 is 26.6 Å². The fourth-order valence-corrected chi connectivity index (χ4v) is 7.65. The van der Waals surface area contributed by atoms with Gasteiger partial charge in [-0.2, -0.15) is 0 Å². The van der Waals surface area contributed by atoms with Crippen LogP contribution in [0.15, 0.2) is 65.6 Å². The molecule has 5 nitrogen and oxygen atoms in total. The summed E-state index contributed by atoms with van der Waals surface area (Å²) in [4.78, 5) is 13.1. The van der Waals surface area contributed by atoms with Gasteiger partial charge >= 0.3 is 0 Å². The third kappa shape index (κ3) is 5.90. The number of rotatable bonds is 6. The number of fused-ring (bicyclic) bond motifs is 1. The smallest absolute Gasteiger partial charge is 0.258 e. The molecule has 0 aromatic heterocycles. The summed E-state index contributed by atoms with van der Waals surface area (Å²) in [5.41, 5.74) is 1.12. The van der Waals surface area contributed by atoms with Gasteiger partial charge in [0.1, 0.15) is 0 Å². The van der Waals surface area contributed by atoms with Crippen LogP contribution in [0.5, 0.6) is 0 Å². The van der Waals surface area contributed by atoms with Gasteiger partial charge in [-0.25, -0.2) is 8.42 Å². The van der Waals surface area contributed by atoms with Crippen LogP contribution in [-0.2, 0) is 16.3 Å². The van der Waals surface area contributed by atoms with Gasteiger partial charge in [-0.3, -0.25) is 4.79 Å². The molecule has 0 fully saturated rings. The molecule has 3 aromatic rings. The number of amides is 1. The van der Waals surface area contributed by atoms with E-state index in [0.717, 1.165) is 5.56 Å². The summed E-state index contributed by atoms with van der Waals surface area (Å²) in [6.45, 7) is 3.45. The Bertz CT molecular complexity index is 1400. The SMILES string of the molecule is CC(C)(O)C[C@@H]1Cc2ccc(NC(=O)c3c(Cl)cccc3Cl)cc2[C@@H](S(=O)(=O)c2cccc(Cl)c2)C1. The predicted molar refractivity (Wildman–Crippen MR) is 145 cm³/mol. The van der Waals surface area contributed by atoms with E-state index in [-0.39, 0.29) is 26.4 Å². The fraction of sp³-hybridized carbons (Fsp3) is 0.296. The van der Waals surface area contributed by atoms with Crippen LogP contribution in [0.2, 0.25) is 15.1 Å². The van der Waals surface area contributed by atoms with Gasteiger partial charge in [0.05, 0.1) is 31.4 Å². The highest BCUT2D eigenvalue weighted by Gasteiger charge is 2.38. The second-order valence-corrected chi connectivity index (χ2v) is 13.2. The summed E-state index contributed by atoms with van der Waals surface area (Å²) in [7, 11) is -3.82. The molecule has 1 aliphatic carbocycles. The lowest BCUT2D eigenvalue weighted by Gasteiger charge is -2.34. The quantitative estimate of drug-likeness (QED) is 0.332. The van der Waals surface area contributed by atoms with Crippen molar-refractivity contribution in [3.8, 4) is 0 Å². The first-order valence-electron chi connectivity index (χ1n) is 11.5. The van der Waals surface area contributed by atoms with Crippen LogP contribution < -0.4 is 5.32 Å². The molecule has 0 unspecified atom stereocenters. The van der Waals surface area contributed by atoms with E-state index in [9.17, 15) is 18.3 Å². The first-order chi connectivity index (χ1) is 16.8. The number of nitrogens with one attached hydrogen (secondary N) is 1. The summed E-state index contributed by atoms with van der Waals surface area (Å²) in [5.74, 6) is -0.533. The number of anilines is 1. The minimum atomic E-state index is -3.82. The molecule has 0 aliphatic heterocycles. The van der Waals surface area contributed by atoms with Crippen molar-refractivity contribution >= 4 is 56.2 Å². The van der Waals surface area contributed by atoms with Crippen molar-refractivity contribution in [3.63, 3.8) is 0 Å². The number of carbonyl (C=O) groups is 1. The molecule has 0 heterocycles. The number of carbonyl (C=O) groups excluding carboxylic acids is 1. The zero-order chi connectivity index (χ0) is 26.3. The zero-order valence-electron chi connectivity index (χ0n) is 19.8. The lowest BCUT2D eigenvalue weighted by atomic mass is 9.78. The molecule has 0 saturated heterocycles. The second kappa shape index (κ2) is 10.3. The molecule has 1 aliphatic rings. The van der Waals surface area contributed by atoms with Crippen LogP contribution in [0.4, 0.5) is 5.69 Å². The molecule has 3 aromatic carbocycles. The molecule has 0 bridgehead atoms. The molecule has 2 N–H and O–H groups in total. The monoisotopic (exact) mass is 565 g/mol. The van der Waals surface area contributed by atoms with Crippen molar-refractivity contribution in [1.82, 2.24) is 0 Å². The number of halogens is 3. The maximum Gasteiger partial charge on any atom is 0.258 e. The van der Waals surface area contributed by atoms with Crippen molar-refractivity contribution < 1.29 is 18.3 Å². The van der Waals surface area contributed by atoms with Gasteiger partial charge in [-0.15, -0.1) is 0 Å². The Morgan fingerprint density at radius 1 is 1.03 bits per heavy atom. The van der Waals surface area contributed by atoms with Gasteiger partial charge in [0, 0.05) is 10.7 Å². The average molecular weight is 567 g/mol. The molecule has 190 valence electrons. The first kappa shape index (κ1) is 27.0. The number of benzene rings is 3. The van der Waals surface area contributed by atoms with Crippen LogP contribution in [0.3, 0.4) is 0 Å². The number of hydrogen-bond donors (Lipinski definition) is 2. The van der Waals surface area contributed by atoms with Crippen LogP contribution in [0, 0.1) is 5.92 Å². The van der Waals surface area contributed by atoms with Gasteiger partial charge in [-0.1, -0.05) is 53.0 Å². The molecular formula is C27H26Cl3NO4S. The minimum Gasteiger partial charge on any atom is -0.390 e. The largest absolute Gasteiger partial charge is 0.390 e. The summed E-state index contributed by atoms with van der Waals surface area (Å²) in [6.07, 6.45) is 1.41. The van der Waals surface area contributed by atoms with E-state index >= 15 is 0 Å². The van der Waals surface area contributed by atoms with E-state index in [1.165, 1.54) is 12.1 Å². The maximum atomic E-state index is 13.8. The van der Waals surface area contributed by atoms with Crippen LogP contribution >= 0.6 is 34.8 Å². The van der Waals surface area contributed by atoms with Gasteiger partial charge < -0.3 is 10.4 Å². The molecule has 0 spiro atoms. The van der Waals surface area contributed by atoms with E-state index in [1.54, 1.807) is 56.3 Å². The van der Waals surface area contributed by atoms with Crippen molar-refractivity contribution in [3.05, 3.63) is 92.4 Å². The van der Waals surface area contributed by atoms with Crippen molar-refractivity contribution in [1.29, 1.82) is 0 Å². The normalized spacial score (nSPS) is 17.9. The van der Waals surface area contributed by atoms with Gasteiger partial charge in [0.15, 0.2) is 9.84 Å². The maximum absolute atomic E-state index is 13.8. The Labute approximate surface area is 226 Å². The number of hydrogen-bond acceptors (Lipinski definition) is 4. The lowest BCUT2D eigenvalue weighted by Crippen LogP contribution is -2.30. The van der Waals surface area contributed by atoms with E-state index in [2.05, 4.69) is 5.32 Å². The number of aliphatic hydroxyl groups is 1. The van der Waals surface area contributed by atoms with E-state index in [4.69, 9.17) is 34.8 Å². The third-order valence-corrected chi connectivity index (χ3v) is 9.26. The highest BCUT2D eigenvalue weighted by Crippen LogP contribution is 2.44. The van der Waals surface area contributed by atoms with Gasteiger partial charge in [0.25, 0.3) is 5.91 Å². The van der Waals surface area contributed by atoms with Crippen molar-refractivity contribution in [2.24, 2.45) is 5.92 Å². The molecule has 36 heavy (non-hydrogen) atoms. The molecule has 4 rings (SSSR count). The fourth-order valence-electron chi connectivity index (χ4n) is 4.85. The molecule has 0 radical (unpaired) electrons. The van der Waals surface area contributed by atoms with Crippen LogP contribution in [-0.4, -0.2) is 25.0 Å². The standard InChI is InChI=1S/C27H26Cl3NO4S/c1-27(2,33)15-16-11-17-9-10-19(31-26(32)25-22(29)7-4-8-23(25)30)14-21(17)24(12-16)36(34,35)20-6-3-5-18(28)13-20/h3-10,13-14,16,24,33H,11-12,15H2,1-2H3,(H,31,32)/t16-,24+/m1/s1. The Kier molecular flexibility index (Phi) is 7.75. The van der Waals surface area contributed by atoms with Crippen molar-refractivity contribution in [2.45, 2.75) is 48.9 Å². The lowest BCUT2D eigenvalue weighted by molar-refractivity contribution is 0.0498. The Morgan fingerprint density at radius 3 is 2.33 bits per heavy atom. The molecule has 1 amide bonds. The molecule has 0 saturated carbocycles. The second-order valence-electron chi connectivity index (χ2n) is 9.78. The van der Waals surface area contributed by atoms with Gasteiger partial charge in [-0.05, 0) is 92.6 Å². The highest BCUT2D eigenvalue weighted by atomic mass is 35.5. The van der Waals surface area contributed by atoms with Crippen LogP contribution in [0.25, 0.3) is 0 Å². The Balaban J connectivity index is 1.74. The molecular weight excluding hydrogens is 541 g/mol. The van der Waals surface area contributed by atoms with Gasteiger partial charge in [0.2, 0.25) is 0 Å². The summed E-state index contributed by atoms with van der Waals surface area (Å²) < 4.78 is 27.6. The topological polar surface area (TPSA) is 83.5 Å².